The van der Waals surface area contributed by atoms with Crippen LogP contribution in [0.2, 0.25) is 5.02 Å². The summed E-state index contributed by atoms with van der Waals surface area (Å²) in [6.45, 7) is 1.07. The van der Waals surface area contributed by atoms with Gasteiger partial charge >= 0.3 is 0 Å². The number of carbonyl (C=O) groups is 1. The Morgan fingerprint density at radius 1 is 1.11 bits per heavy atom. The van der Waals surface area contributed by atoms with Crippen molar-refractivity contribution >= 4 is 23.3 Å². The maximum Gasteiger partial charge on any atom is 0.251 e. The number of benzene rings is 2. The van der Waals surface area contributed by atoms with E-state index in [9.17, 15) is 4.79 Å². The van der Waals surface area contributed by atoms with Crippen LogP contribution in [0.4, 0.5) is 5.82 Å². The highest BCUT2D eigenvalue weighted by Gasteiger charge is 2.07. The van der Waals surface area contributed by atoms with E-state index in [2.05, 4.69) is 15.6 Å². The third kappa shape index (κ3) is 5.47. The fourth-order valence-electron chi connectivity index (χ4n) is 2.75. The fraction of sp³-hybridized carbons (Fsp3) is 0.182. The lowest BCUT2D eigenvalue weighted by Crippen LogP contribution is -2.25. The van der Waals surface area contributed by atoms with E-state index in [-0.39, 0.29) is 5.91 Å². The van der Waals surface area contributed by atoms with Crippen LogP contribution < -0.4 is 15.4 Å². The number of hydrogen-bond acceptors (Lipinski definition) is 4. The summed E-state index contributed by atoms with van der Waals surface area (Å²) in [6.07, 6.45) is 2.34. The van der Waals surface area contributed by atoms with Gasteiger partial charge in [0.1, 0.15) is 11.6 Å². The van der Waals surface area contributed by atoms with Crippen LogP contribution in [0.15, 0.2) is 66.9 Å². The molecule has 0 bridgehead atoms. The van der Waals surface area contributed by atoms with Crippen molar-refractivity contribution in [3.05, 3.63) is 88.6 Å². The van der Waals surface area contributed by atoms with Crippen molar-refractivity contribution in [3.8, 4) is 5.75 Å². The van der Waals surface area contributed by atoms with Gasteiger partial charge in [0.2, 0.25) is 0 Å². The van der Waals surface area contributed by atoms with E-state index < -0.39 is 0 Å². The molecule has 0 aliphatic heterocycles. The van der Waals surface area contributed by atoms with Crippen LogP contribution in [0, 0.1) is 0 Å². The number of methoxy groups -OCH3 is 1. The van der Waals surface area contributed by atoms with E-state index in [4.69, 9.17) is 16.3 Å². The number of carbonyl (C=O) groups excluding carboxylic acids is 1. The molecule has 0 radical (unpaired) electrons. The summed E-state index contributed by atoms with van der Waals surface area (Å²) < 4.78 is 5.22. The zero-order valence-corrected chi connectivity index (χ0v) is 16.4. The third-order valence-electron chi connectivity index (χ3n) is 4.27. The van der Waals surface area contributed by atoms with Gasteiger partial charge in [-0.3, -0.25) is 4.79 Å². The van der Waals surface area contributed by atoms with Crippen LogP contribution in [0.3, 0.4) is 0 Å². The molecule has 1 heterocycles. The van der Waals surface area contributed by atoms with Gasteiger partial charge in [-0.25, -0.2) is 4.98 Å². The SMILES string of the molecule is COc1cccc(CCNC(=O)c2ccnc(NCc3ccccc3Cl)c2)c1. The Balaban J connectivity index is 1.54. The molecule has 0 saturated heterocycles. The summed E-state index contributed by atoms with van der Waals surface area (Å²) in [4.78, 5) is 16.7. The van der Waals surface area contributed by atoms with Crippen LogP contribution >= 0.6 is 11.6 Å². The lowest BCUT2D eigenvalue weighted by molar-refractivity contribution is 0.0954. The van der Waals surface area contributed by atoms with Gasteiger partial charge in [0.25, 0.3) is 5.91 Å². The Hall–Kier alpha value is -3.05. The second kappa shape index (κ2) is 9.76. The minimum Gasteiger partial charge on any atom is -0.497 e. The monoisotopic (exact) mass is 395 g/mol. The molecular weight excluding hydrogens is 374 g/mol. The van der Waals surface area contributed by atoms with E-state index >= 15 is 0 Å². The van der Waals surface area contributed by atoms with Gasteiger partial charge in [-0.2, -0.15) is 0 Å². The van der Waals surface area contributed by atoms with Crippen molar-refractivity contribution < 1.29 is 9.53 Å². The number of nitrogens with zero attached hydrogens (tertiary/aromatic N) is 1. The van der Waals surface area contributed by atoms with Crippen LogP contribution in [0.1, 0.15) is 21.5 Å². The van der Waals surface area contributed by atoms with Gasteiger partial charge in [0, 0.05) is 29.9 Å². The summed E-state index contributed by atoms with van der Waals surface area (Å²) in [7, 11) is 1.64. The maximum absolute atomic E-state index is 12.4. The summed E-state index contributed by atoms with van der Waals surface area (Å²) in [5, 5.41) is 6.84. The highest BCUT2D eigenvalue weighted by Crippen LogP contribution is 2.17. The zero-order valence-electron chi connectivity index (χ0n) is 15.6. The van der Waals surface area contributed by atoms with Crippen molar-refractivity contribution in [1.29, 1.82) is 0 Å². The van der Waals surface area contributed by atoms with E-state index in [1.54, 1.807) is 25.4 Å². The Bertz CT molecular complexity index is 946. The zero-order chi connectivity index (χ0) is 19.8. The molecule has 0 spiro atoms. The Morgan fingerprint density at radius 2 is 1.96 bits per heavy atom. The normalized spacial score (nSPS) is 10.4. The molecule has 1 amide bonds. The van der Waals surface area contributed by atoms with E-state index in [0.29, 0.717) is 29.5 Å². The number of nitrogens with one attached hydrogen (secondary N) is 2. The van der Waals surface area contributed by atoms with Crippen LogP contribution in [0.5, 0.6) is 5.75 Å². The molecule has 0 saturated carbocycles. The first-order chi connectivity index (χ1) is 13.7. The standard InChI is InChI=1S/C22H22ClN3O2/c1-28-19-7-4-5-16(13-19)9-11-25-22(27)17-10-12-24-21(14-17)26-15-18-6-2-3-8-20(18)23/h2-8,10,12-14H,9,11,15H2,1H3,(H,24,26)(H,25,27). The first-order valence-electron chi connectivity index (χ1n) is 9.00. The summed E-state index contributed by atoms with van der Waals surface area (Å²) in [6, 6.07) is 18.9. The van der Waals surface area contributed by atoms with Crippen molar-refractivity contribution in [1.82, 2.24) is 10.3 Å². The molecule has 1 aromatic heterocycles. The number of hydrogen-bond donors (Lipinski definition) is 2. The van der Waals surface area contributed by atoms with Gasteiger partial charge in [-0.05, 0) is 47.9 Å². The van der Waals surface area contributed by atoms with Gasteiger partial charge in [-0.1, -0.05) is 41.9 Å². The minimum absolute atomic E-state index is 0.133. The van der Waals surface area contributed by atoms with Gasteiger partial charge < -0.3 is 15.4 Å². The first-order valence-corrected chi connectivity index (χ1v) is 9.38. The van der Waals surface area contributed by atoms with E-state index in [1.807, 2.05) is 48.5 Å². The highest BCUT2D eigenvalue weighted by atomic mass is 35.5. The van der Waals surface area contributed by atoms with Crippen molar-refractivity contribution in [2.24, 2.45) is 0 Å². The maximum atomic E-state index is 12.4. The molecule has 144 valence electrons. The average molecular weight is 396 g/mol. The molecule has 0 aliphatic rings. The number of amides is 1. The van der Waals surface area contributed by atoms with Gasteiger partial charge in [-0.15, -0.1) is 0 Å². The molecule has 3 rings (SSSR count). The second-order valence-electron chi connectivity index (χ2n) is 6.23. The molecule has 2 N–H and O–H groups in total. The molecule has 28 heavy (non-hydrogen) atoms. The number of anilines is 1. The molecule has 0 atom stereocenters. The molecule has 3 aromatic rings. The number of halogens is 1. The molecule has 5 nitrogen and oxygen atoms in total. The molecule has 0 fully saturated rings. The minimum atomic E-state index is -0.133. The smallest absolute Gasteiger partial charge is 0.251 e. The quantitative estimate of drug-likeness (QED) is 0.596. The second-order valence-corrected chi connectivity index (χ2v) is 6.64. The molecule has 2 aromatic carbocycles. The largest absolute Gasteiger partial charge is 0.497 e. The Kier molecular flexibility index (Phi) is 6.87. The van der Waals surface area contributed by atoms with E-state index in [1.165, 1.54) is 0 Å². The Morgan fingerprint density at radius 3 is 2.79 bits per heavy atom. The van der Waals surface area contributed by atoms with Crippen molar-refractivity contribution in [2.75, 3.05) is 19.0 Å². The summed E-state index contributed by atoms with van der Waals surface area (Å²) >= 11 is 6.17. The first kappa shape index (κ1) is 19.7. The van der Waals surface area contributed by atoms with Crippen molar-refractivity contribution in [2.45, 2.75) is 13.0 Å². The molecular formula is C22H22ClN3O2. The lowest BCUT2D eigenvalue weighted by Gasteiger charge is -2.10. The molecule has 0 aliphatic carbocycles. The van der Waals surface area contributed by atoms with Crippen LogP contribution in [-0.4, -0.2) is 24.5 Å². The number of pyridine rings is 1. The number of ether oxygens (including phenoxy) is 1. The van der Waals surface area contributed by atoms with Crippen LogP contribution in [0.25, 0.3) is 0 Å². The third-order valence-corrected chi connectivity index (χ3v) is 4.64. The van der Waals surface area contributed by atoms with Crippen molar-refractivity contribution in [3.63, 3.8) is 0 Å². The summed E-state index contributed by atoms with van der Waals surface area (Å²) in [5.41, 5.74) is 2.64. The molecule has 6 heteroatoms. The van der Waals surface area contributed by atoms with Gasteiger partial charge in [0.15, 0.2) is 0 Å². The fourth-order valence-corrected chi connectivity index (χ4v) is 2.95. The summed E-state index contributed by atoms with van der Waals surface area (Å²) in [5.74, 6) is 1.30. The Labute approximate surface area is 169 Å². The van der Waals surface area contributed by atoms with E-state index in [0.717, 1.165) is 23.3 Å². The van der Waals surface area contributed by atoms with Crippen LogP contribution in [-0.2, 0) is 13.0 Å². The predicted octanol–water partition coefficient (Wildman–Crippen LogP) is 4.33. The lowest BCUT2D eigenvalue weighted by atomic mass is 10.1. The molecule has 0 unspecified atom stereocenters. The highest BCUT2D eigenvalue weighted by molar-refractivity contribution is 6.31. The number of rotatable bonds is 8. The average Bonchev–Trinajstić information content (AvgIpc) is 2.73. The predicted molar refractivity (Wildman–Crippen MR) is 112 cm³/mol. The number of aromatic nitrogens is 1. The topological polar surface area (TPSA) is 63.2 Å². The van der Waals surface area contributed by atoms with Gasteiger partial charge in [0.05, 0.1) is 7.11 Å².